The standard InChI is InChI=1S/C16H15NO2.2C2H6/c1-11(18)13-9-14-7-8-15(17(14)10-13)16(19)12-5-3-2-4-6-12;2*1-2/h2-8,13H,9-10H2,1H3;2*1-2H3. The highest BCUT2D eigenvalue weighted by molar-refractivity contribution is 6.08. The Morgan fingerprint density at radius 2 is 1.57 bits per heavy atom. The van der Waals surface area contributed by atoms with Gasteiger partial charge in [0.25, 0.3) is 0 Å². The number of rotatable bonds is 3. The molecule has 0 spiro atoms. The fourth-order valence-corrected chi connectivity index (χ4v) is 2.65. The molecule has 2 heterocycles. The number of Topliss-reactive ketones (excluding diaryl/α,β-unsaturated/α-hetero) is 1. The first-order valence-corrected chi connectivity index (χ1v) is 8.45. The van der Waals surface area contributed by atoms with Gasteiger partial charge in [0.2, 0.25) is 5.78 Å². The number of hydrogen-bond donors (Lipinski definition) is 0. The first-order chi connectivity index (χ1) is 11.2. The van der Waals surface area contributed by atoms with Gasteiger partial charge in [-0.2, -0.15) is 0 Å². The number of benzene rings is 1. The van der Waals surface area contributed by atoms with Crippen LogP contribution in [-0.2, 0) is 17.8 Å². The molecule has 1 aliphatic rings. The van der Waals surface area contributed by atoms with Crippen molar-refractivity contribution in [2.45, 2.75) is 47.6 Å². The smallest absolute Gasteiger partial charge is 0.209 e. The van der Waals surface area contributed by atoms with Crippen molar-refractivity contribution in [3.63, 3.8) is 0 Å². The lowest BCUT2D eigenvalue weighted by molar-refractivity contribution is -0.120. The van der Waals surface area contributed by atoms with E-state index in [1.165, 1.54) is 0 Å². The summed E-state index contributed by atoms with van der Waals surface area (Å²) >= 11 is 0. The molecule has 124 valence electrons. The SMILES string of the molecule is CC.CC.CC(=O)C1Cc2ccc(C(=O)c3ccccc3)n2C1. The van der Waals surface area contributed by atoms with Gasteiger partial charge >= 0.3 is 0 Å². The molecule has 1 aromatic carbocycles. The van der Waals surface area contributed by atoms with E-state index in [2.05, 4.69) is 0 Å². The minimum atomic E-state index is 0.0241. The number of aromatic nitrogens is 1. The van der Waals surface area contributed by atoms with Gasteiger partial charge in [0.1, 0.15) is 5.78 Å². The van der Waals surface area contributed by atoms with Crippen LogP contribution < -0.4 is 0 Å². The van der Waals surface area contributed by atoms with Crippen molar-refractivity contribution in [1.82, 2.24) is 4.57 Å². The third kappa shape index (κ3) is 4.19. The number of hydrogen-bond acceptors (Lipinski definition) is 2. The maximum absolute atomic E-state index is 12.4. The monoisotopic (exact) mass is 313 g/mol. The Morgan fingerprint density at radius 1 is 0.957 bits per heavy atom. The first-order valence-electron chi connectivity index (χ1n) is 8.45. The highest BCUT2D eigenvalue weighted by Gasteiger charge is 2.28. The van der Waals surface area contributed by atoms with E-state index >= 15 is 0 Å². The molecule has 0 N–H and O–H groups in total. The molecule has 0 fully saturated rings. The molecule has 1 aliphatic heterocycles. The van der Waals surface area contributed by atoms with E-state index in [-0.39, 0.29) is 17.5 Å². The van der Waals surface area contributed by atoms with E-state index in [0.29, 0.717) is 17.8 Å². The zero-order valence-corrected chi connectivity index (χ0v) is 14.8. The van der Waals surface area contributed by atoms with Crippen LogP contribution in [0.5, 0.6) is 0 Å². The molecule has 1 atom stereocenters. The van der Waals surface area contributed by atoms with E-state index in [1.54, 1.807) is 6.92 Å². The van der Waals surface area contributed by atoms with E-state index in [4.69, 9.17) is 0 Å². The maximum atomic E-state index is 12.4. The fourth-order valence-electron chi connectivity index (χ4n) is 2.65. The molecule has 0 aliphatic carbocycles. The Morgan fingerprint density at radius 3 is 2.13 bits per heavy atom. The zero-order valence-electron chi connectivity index (χ0n) is 14.8. The van der Waals surface area contributed by atoms with Gasteiger partial charge in [-0.1, -0.05) is 58.0 Å². The van der Waals surface area contributed by atoms with Crippen LogP contribution in [-0.4, -0.2) is 16.1 Å². The van der Waals surface area contributed by atoms with E-state index < -0.39 is 0 Å². The van der Waals surface area contributed by atoms with Gasteiger partial charge in [-0.05, 0) is 25.5 Å². The molecular weight excluding hydrogens is 286 g/mol. The number of fused-ring (bicyclic) bond motifs is 1. The average molecular weight is 313 g/mol. The van der Waals surface area contributed by atoms with Crippen LogP contribution in [0.25, 0.3) is 0 Å². The summed E-state index contributed by atoms with van der Waals surface area (Å²) in [6.45, 7) is 10.3. The zero-order chi connectivity index (χ0) is 17.4. The molecular formula is C20H27NO2. The highest BCUT2D eigenvalue weighted by atomic mass is 16.1. The van der Waals surface area contributed by atoms with Crippen LogP contribution >= 0.6 is 0 Å². The molecule has 1 unspecified atom stereocenters. The molecule has 1 aromatic heterocycles. The van der Waals surface area contributed by atoms with Gasteiger partial charge in [-0.3, -0.25) is 9.59 Å². The summed E-state index contributed by atoms with van der Waals surface area (Å²) in [5, 5.41) is 0. The van der Waals surface area contributed by atoms with Gasteiger partial charge in [-0.15, -0.1) is 0 Å². The largest absolute Gasteiger partial charge is 0.341 e. The quantitative estimate of drug-likeness (QED) is 0.781. The normalized spacial score (nSPS) is 14.7. The lowest BCUT2D eigenvalue weighted by Gasteiger charge is -2.07. The lowest BCUT2D eigenvalue weighted by Crippen LogP contribution is -2.15. The number of carbonyl (C=O) groups excluding carboxylic acids is 2. The van der Waals surface area contributed by atoms with Crippen molar-refractivity contribution < 1.29 is 9.59 Å². The van der Waals surface area contributed by atoms with E-state index in [1.807, 2.05) is 74.7 Å². The second-order valence-electron chi connectivity index (χ2n) is 5.03. The van der Waals surface area contributed by atoms with Gasteiger partial charge in [-0.25, -0.2) is 0 Å². The summed E-state index contributed by atoms with van der Waals surface area (Å²) in [4.78, 5) is 23.9. The molecule has 0 radical (unpaired) electrons. The molecule has 0 saturated carbocycles. The minimum Gasteiger partial charge on any atom is -0.341 e. The van der Waals surface area contributed by atoms with Gasteiger partial charge in [0.15, 0.2) is 0 Å². The van der Waals surface area contributed by atoms with Crippen LogP contribution in [0.4, 0.5) is 0 Å². The Bertz CT molecular complexity index is 641. The predicted octanol–water partition coefficient (Wildman–Crippen LogP) is 4.53. The Labute approximate surface area is 139 Å². The van der Waals surface area contributed by atoms with Crippen molar-refractivity contribution in [3.8, 4) is 0 Å². The van der Waals surface area contributed by atoms with Crippen molar-refractivity contribution in [3.05, 3.63) is 59.4 Å². The molecule has 23 heavy (non-hydrogen) atoms. The summed E-state index contributed by atoms with van der Waals surface area (Å²) in [6.07, 6.45) is 0.747. The topological polar surface area (TPSA) is 39.1 Å². The second kappa shape index (κ2) is 9.09. The third-order valence-corrected chi connectivity index (χ3v) is 3.77. The van der Waals surface area contributed by atoms with Crippen LogP contribution in [0.2, 0.25) is 0 Å². The van der Waals surface area contributed by atoms with Crippen molar-refractivity contribution in [2.24, 2.45) is 5.92 Å². The summed E-state index contributed by atoms with van der Waals surface area (Å²) < 4.78 is 1.99. The molecule has 0 saturated heterocycles. The first kappa shape index (κ1) is 18.9. The maximum Gasteiger partial charge on any atom is 0.209 e. The van der Waals surface area contributed by atoms with Crippen LogP contribution in [0, 0.1) is 5.92 Å². The van der Waals surface area contributed by atoms with E-state index in [9.17, 15) is 9.59 Å². The molecule has 0 bridgehead atoms. The lowest BCUT2D eigenvalue weighted by atomic mass is 10.0. The number of nitrogens with zero attached hydrogens (tertiary/aromatic N) is 1. The summed E-state index contributed by atoms with van der Waals surface area (Å²) in [7, 11) is 0. The summed E-state index contributed by atoms with van der Waals surface area (Å²) in [5.74, 6) is 0.247. The van der Waals surface area contributed by atoms with Gasteiger partial charge < -0.3 is 4.57 Å². The van der Waals surface area contributed by atoms with Gasteiger partial charge in [0, 0.05) is 23.7 Å². The number of ketones is 2. The van der Waals surface area contributed by atoms with Crippen molar-refractivity contribution in [1.29, 1.82) is 0 Å². The van der Waals surface area contributed by atoms with Crippen molar-refractivity contribution in [2.75, 3.05) is 0 Å². The van der Waals surface area contributed by atoms with Crippen LogP contribution in [0.15, 0.2) is 42.5 Å². The molecule has 3 rings (SSSR count). The van der Waals surface area contributed by atoms with E-state index in [0.717, 1.165) is 12.1 Å². The minimum absolute atomic E-state index is 0.0241. The third-order valence-electron chi connectivity index (χ3n) is 3.77. The highest BCUT2D eigenvalue weighted by Crippen LogP contribution is 2.25. The summed E-state index contributed by atoms with van der Waals surface area (Å²) in [6, 6.07) is 13.1. The fraction of sp³-hybridized carbons (Fsp3) is 0.400. The Hall–Kier alpha value is -2.16. The van der Waals surface area contributed by atoms with Crippen LogP contribution in [0.3, 0.4) is 0 Å². The predicted molar refractivity (Wildman–Crippen MR) is 94.9 cm³/mol. The molecule has 3 nitrogen and oxygen atoms in total. The second-order valence-corrected chi connectivity index (χ2v) is 5.03. The molecule has 3 heteroatoms. The van der Waals surface area contributed by atoms with Gasteiger partial charge in [0.05, 0.1) is 5.69 Å². The Kier molecular flexibility index (Phi) is 7.46. The molecule has 0 amide bonds. The Balaban J connectivity index is 0.000000615. The summed E-state index contributed by atoms with van der Waals surface area (Å²) in [5.41, 5.74) is 2.46. The van der Waals surface area contributed by atoms with Crippen molar-refractivity contribution >= 4 is 11.6 Å². The molecule has 2 aromatic rings. The number of carbonyl (C=O) groups is 2. The van der Waals surface area contributed by atoms with Crippen LogP contribution in [0.1, 0.15) is 56.4 Å². The average Bonchev–Trinajstić information content (AvgIpc) is 3.19.